The lowest BCUT2D eigenvalue weighted by Gasteiger charge is -2.41. The van der Waals surface area contributed by atoms with Crippen molar-refractivity contribution in [1.29, 1.82) is 0 Å². The monoisotopic (exact) mass is 340 g/mol. The van der Waals surface area contributed by atoms with Gasteiger partial charge in [-0.3, -0.25) is 4.90 Å². The number of likely N-dealkylation sites (tertiary alicyclic amines) is 2. The number of rotatable bonds is 4. The van der Waals surface area contributed by atoms with E-state index in [0.717, 1.165) is 74.5 Å². The van der Waals surface area contributed by atoms with Crippen molar-refractivity contribution in [3.63, 3.8) is 0 Å². The Morgan fingerprint density at radius 1 is 1.00 bits per heavy atom. The first-order chi connectivity index (χ1) is 12.1. The van der Waals surface area contributed by atoms with Gasteiger partial charge in [0.1, 0.15) is 0 Å². The number of nitrogens with zero attached hydrogens (tertiary/aromatic N) is 4. The van der Waals surface area contributed by atoms with E-state index in [0.29, 0.717) is 0 Å². The Kier molecular flexibility index (Phi) is 4.71. The van der Waals surface area contributed by atoms with E-state index in [-0.39, 0.29) is 0 Å². The molecule has 5 heteroatoms. The van der Waals surface area contributed by atoms with E-state index in [9.17, 15) is 5.11 Å². The highest BCUT2D eigenvalue weighted by Gasteiger charge is 2.35. The first-order valence-corrected chi connectivity index (χ1v) is 9.51. The van der Waals surface area contributed by atoms with Crippen molar-refractivity contribution >= 4 is 11.0 Å². The fourth-order valence-electron chi connectivity index (χ4n) is 4.31. The molecule has 2 aliphatic heterocycles. The fourth-order valence-corrected chi connectivity index (χ4v) is 4.31. The normalized spacial score (nSPS) is 25.7. The smallest absolute Gasteiger partial charge is 0.0900 e. The van der Waals surface area contributed by atoms with Crippen LogP contribution in [0.3, 0.4) is 0 Å². The molecule has 0 aliphatic carbocycles. The molecule has 134 valence electrons. The molecule has 3 heterocycles. The number of aromatic nitrogens is 2. The maximum Gasteiger partial charge on any atom is 0.0900 e. The first kappa shape index (κ1) is 16.9. The zero-order valence-corrected chi connectivity index (χ0v) is 15.1. The molecule has 0 saturated carbocycles. The van der Waals surface area contributed by atoms with Crippen LogP contribution in [0.25, 0.3) is 11.0 Å². The SMILES string of the molecule is Cc1nc2ccccc2nc1CN1CCC[C@](O)(CN2CCCC2)C1. The van der Waals surface area contributed by atoms with Crippen LogP contribution in [0.15, 0.2) is 24.3 Å². The molecule has 2 fully saturated rings. The van der Waals surface area contributed by atoms with E-state index < -0.39 is 5.60 Å². The maximum atomic E-state index is 11.1. The largest absolute Gasteiger partial charge is 0.387 e. The highest BCUT2D eigenvalue weighted by atomic mass is 16.3. The molecule has 0 spiro atoms. The van der Waals surface area contributed by atoms with Gasteiger partial charge in [0.05, 0.1) is 28.0 Å². The Balaban J connectivity index is 1.47. The summed E-state index contributed by atoms with van der Waals surface area (Å²) in [6.45, 7) is 7.65. The molecular weight excluding hydrogens is 312 g/mol. The van der Waals surface area contributed by atoms with Crippen LogP contribution in [0.2, 0.25) is 0 Å². The molecule has 2 aromatic rings. The minimum absolute atomic E-state index is 0.583. The lowest BCUT2D eigenvalue weighted by molar-refractivity contribution is -0.0522. The van der Waals surface area contributed by atoms with Crippen LogP contribution in [0.4, 0.5) is 0 Å². The van der Waals surface area contributed by atoms with Gasteiger partial charge < -0.3 is 10.0 Å². The van der Waals surface area contributed by atoms with Crippen LogP contribution in [-0.2, 0) is 6.54 Å². The Labute approximate surface area is 149 Å². The standard InChI is InChI=1S/C20H28N4O/c1-16-19(22-18-8-3-2-7-17(18)21-16)13-24-12-6-9-20(25,15-24)14-23-10-4-5-11-23/h2-3,7-8,25H,4-6,9-15H2,1H3/t20-/m0/s1. The van der Waals surface area contributed by atoms with E-state index in [1.807, 2.05) is 31.2 Å². The van der Waals surface area contributed by atoms with Gasteiger partial charge in [0.25, 0.3) is 0 Å². The van der Waals surface area contributed by atoms with Crippen LogP contribution in [0.1, 0.15) is 37.1 Å². The van der Waals surface area contributed by atoms with Crippen molar-refractivity contribution in [2.45, 2.75) is 44.8 Å². The number of β-amino-alcohol motifs (C(OH)–C–C–N with tert-alkyl or cyclic N) is 1. The van der Waals surface area contributed by atoms with Crippen molar-refractivity contribution < 1.29 is 5.11 Å². The molecule has 1 N–H and O–H groups in total. The maximum absolute atomic E-state index is 11.1. The van der Waals surface area contributed by atoms with Gasteiger partial charge in [-0.05, 0) is 64.4 Å². The number of aryl methyl sites for hydroxylation is 1. The average Bonchev–Trinajstić information content (AvgIpc) is 3.08. The third kappa shape index (κ3) is 3.84. The van der Waals surface area contributed by atoms with Crippen molar-refractivity contribution in [2.24, 2.45) is 0 Å². The Hall–Kier alpha value is -1.56. The molecule has 0 bridgehead atoms. The number of para-hydroxylation sites is 2. The van der Waals surface area contributed by atoms with Gasteiger partial charge in [-0.15, -0.1) is 0 Å². The summed E-state index contributed by atoms with van der Waals surface area (Å²) < 4.78 is 0. The third-order valence-corrected chi connectivity index (χ3v) is 5.57. The Morgan fingerprint density at radius 3 is 2.44 bits per heavy atom. The van der Waals surface area contributed by atoms with Gasteiger partial charge in [-0.25, -0.2) is 9.97 Å². The van der Waals surface area contributed by atoms with Crippen LogP contribution in [0, 0.1) is 6.92 Å². The molecule has 1 atom stereocenters. The molecule has 5 nitrogen and oxygen atoms in total. The molecule has 1 aromatic carbocycles. The van der Waals surface area contributed by atoms with Crippen molar-refractivity contribution in [3.8, 4) is 0 Å². The van der Waals surface area contributed by atoms with Gasteiger partial charge >= 0.3 is 0 Å². The molecule has 2 saturated heterocycles. The van der Waals surface area contributed by atoms with E-state index in [1.165, 1.54) is 12.8 Å². The van der Waals surface area contributed by atoms with E-state index in [1.54, 1.807) is 0 Å². The highest BCUT2D eigenvalue weighted by Crippen LogP contribution is 2.25. The average molecular weight is 340 g/mol. The summed E-state index contributed by atoms with van der Waals surface area (Å²) in [5, 5.41) is 11.1. The summed E-state index contributed by atoms with van der Waals surface area (Å²) in [7, 11) is 0. The summed E-state index contributed by atoms with van der Waals surface area (Å²) in [4.78, 5) is 14.3. The van der Waals surface area contributed by atoms with Gasteiger partial charge in [-0.2, -0.15) is 0 Å². The van der Waals surface area contributed by atoms with Gasteiger partial charge in [-0.1, -0.05) is 12.1 Å². The highest BCUT2D eigenvalue weighted by molar-refractivity contribution is 5.74. The first-order valence-electron chi connectivity index (χ1n) is 9.51. The van der Waals surface area contributed by atoms with Crippen LogP contribution < -0.4 is 0 Å². The molecule has 25 heavy (non-hydrogen) atoms. The number of piperidine rings is 1. The summed E-state index contributed by atoms with van der Waals surface area (Å²) in [5.74, 6) is 0. The number of hydrogen-bond acceptors (Lipinski definition) is 5. The Morgan fingerprint density at radius 2 is 1.68 bits per heavy atom. The number of fused-ring (bicyclic) bond motifs is 1. The lowest BCUT2D eigenvalue weighted by Crippen LogP contribution is -2.53. The van der Waals surface area contributed by atoms with Crippen LogP contribution in [0.5, 0.6) is 0 Å². The topological polar surface area (TPSA) is 52.5 Å². The van der Waals surface area contributed by atoms with Crippen LogP contribution >= 0.6 is 0 Å². The number of hydrogen-bond donors (Lipinski definition) is 1. The minimum Gasteiger partial charge on any atom is -0.387 e. The summed E-state index contributed by atoms with van der Waals surface area (Å²) in [5.41, 5.74) is 3.35. The molecule has 2 aliphatic rings. The predicted molar refractivity (Wildman–Crippen MR) is 99.4 cm³/mol. The van der Waals surface area contributed by atoms with Gasteiger partial charge in [0.15, 0.2) is 0 Å². The van der Waals surface area contributed by atoms with E-state index in [4.69, 9.17) is 9.97 Å². The van der Waals surface area contributed by atoms with Crippen molar-refractivity contribution in [2.75, 3.05) is 32.7 Å². The zero-order valence-electron chi connectivity index (χ0n) is 15.1. The summed E-state index contributed by atoms with van der Waals surface area (Å²) in [6, 6.07) is 8.03. The van der Waals surface area contributed by atoms with Crippen molar-refractivity contribution in [1.82, 2.24) is 19.8 Å². The van der Waals surface area contributed by atoms with E-state index in [2.05, 4.69) is 9.80 Å². The van der Waals surface area contributed by atoms with Crippen molar-refractivity contribution in [3.05, 3.63) is 35.7 Å². The quantitative estimate of drug-likeness (QED) is 0.926. The molecule has 0 amide bonds. The molecule has 0 radical (unpaired) electrons. The lowest BCUT2D eigenvalue weighted by atomic mass is 9.92. The summed E-state index contributed by atoms with van der Waals surface area (Å²) >= 11 is 0. The molecule has 1 aromatic heterocycles. The summed E-state index contributed by atoms with van der Waals surface area (Å²) in [6.07, 6.45) is 4.49. The van der Waals surface area contributed by atoms with Gasteiger partial charge in [0, 0.05) is 19.6 Å². The third-order valence-electron chi connectivity index (χ3n) is 5.57. The zero-order chi connectivity index (χ0) is 17.3. The second-order valence-corrected chi connectivity index (χ2v) is 7.77. The number of aliphatic hydroxyl groups is 1. The van der Waals surface area contributed by atoms with Crippen LogP contribution in [-0.4, -0.2) is 63.2 Å². The fraction of sp³-hybridized carbons (Fsp3) is 0.600. The minimum atomic E-state index is -0.583. The van der Waals surface area contributed by atoms with E-state index >= 15 is 0 Å². The Bertz CT molecular complexity index is 744. The molecule has 0 unspecified atom stereocenters. The second-order valence-electron chi connectivity index (χ2n) is 7.77. The molecular formula is C20H28N4O. The number of benzene rings is 1. The predicted octanol–water partition coefficient (Wildman–Crippen LogP) is 2.36. The second kappa shape index (κ2) is 6.98. The molecule has 4 rings (SSSR count). The van der Waals surface area contributed by atoms with Gasteiger partial charge in [0.2, 0.25) is 0 Å².